The molecule has 0 spiro atoms. The predicted molar refractivity (Wildman–Crippen MR) is 65.9 cm³/mol. The summed E-state index contributed by atoms with van der Waals surface area (Å²) in [5.41, 5.74) is 2.40. The maximum absolute atomic E-state index is 11.0. The van der Waals surface area contributed by atoms with Crippen LogP contribution in [0.15, 0.2) is 18.2 Å². The van der Waals surface area contributed by atoms with E-state index in [1.807, 2.05) is 6.07 Å². The van der Waals surface area contributed by atoms with Gasteiger partial charge >= 0.3 is 5.97 Å². The third-order valence-corrected chi connectivity index (χ3v) is 3.42. The summed E-state index contributed by atoms with van der Waals surface area (Å²) in [7, 11) is 0. The van der Waals surface area contributed by atoms with Gasteiger partial charge in [0.05, 0.1) is 23.0 Å². The number of anilines is 2. The van der Waals surface area contributed by atoms with Gasteiger partial charge < -0.3 is 20.6 Å². The number of rotatable bonds is 2. The van der Waals surface area contributed by atoms with E-state index in [1.165, 1.54) is 0 Å². The second-order valence-corrected chi connectivity index (χ2v) is 4.47. The largest absolute Gasteiger partial charge is 0.478 e. The summed E-state index contributed by atoms with van der Waals surface area (Å²) in [6.07, 6.45) is 0. The summed E-state index contributed by atoms with van der Waals surface area (Å²) in [6, 6.07) is 5.77. The number of carboxylic acid groups (broad SMARTS) is 1. The number of carbonyl (C=O) groups is 1. The summed E-state index contributed by atoms with van der Waals surface area (Å²) >= 11 is 0. The maximum atomic E-state index is 11.0. The van der Waals surface area contributed by atoms with Crippen molar-refractivity contribution in [3.05, 3.63) is 23.8 Å². The van der Waals surface area contributed by atoms with E-state index in [0.29, 0.717) is 11.6 Å². The van der Waals surface area contributed by atoms with Crippen molar-refractivity contribution in [3.8, 4) is 0 Å². The van der Waals surface area contributed by atoms with Crippen LogP contribution in [-0.4, -0.2) is 43.3 Å². The molecule has 0 unspecified atom stereocenters. The first kappa shape index (κ1) is 10.4. The van der Waals surface area contributed by atoms with Crippen LogP contribution >= 0.6 is 0 Å². The molecule has 0 aromatic heterocycles. The average Bonchev–Trinajstić information content (AvgIpc) is 2.26. The first-order valence-electron chi connectivity index (χ1n) is 5.84. The molecule has 90 valence electrons. The van der Waals surface area contributed by atoms with Crippen LogP contribution in [0.25, 0.3) is 0 Å². The van der Waals surface area contributed by atoms with Gasteiger partial charge in [-0.05, 0) is 18.2 Å². The van der Waals surface area contributed by atoms with Crippen LogP contribution in [-0.2, 0) is 0 Å². The van der Waals surface area contributed by atoms with E-state index in [1.54, 1.807) is 12.1 Å². The van der Waals surface area contributed by atoms with Crippen LogP contribution in [0.5, 0.6) is 0 Å². The van der Waals surface area contributed by atoms with Crippen molar-refractivity contribution >= 4 is 17.3 Å². The zero-order valence-corrected chi connectivity index (χ0v) is 9.44. The smallest absolute Gasteiger partial charge is 0.335 e. The normalized spacial score (nSPS) is 19.2. The minimum Gasteiger partial charge on any atom is -0.478 e. The van der Waals surface area contributed by atoms with Gasteiger partial charge in [0.2, 0.25) is 0 Å². The molecule has 3 rings (SSSR count). The van der Waals surface area contributed by atoms with Crippen LogP contribution in [0.3, 0.4) is 0 Å². The molecule has 0 radical (unpaired) electrons. The Labute approximate surface area is 99.4 Å². The van der Waals surface area contributed by atoms with Crippen LogP contribution < -0.4 is 15.5 Å². The van der Waals surface area contributed by atoms with Crippen molar-refractivity contribution in [2.75, 3.05) is 36.4 Å². The highest BCUT2D eigenvalue weighted by atomic mass is 16.4. The Morgan fingerprint density at radius 2 is 2.24 bits per heavy atom. The van der Waals surface area contributed by atoms with Gasteiger partial charge in [0.1, 0.15) is 0 Å². The Hall–Kier alpha value is -1.75. The number of benzene rings is 1. The zero-order valence-electron chi connectivity index (χ0n) is 9.44. The van der Waals surface area contributed by atoms with Crippen molar-refractivity contribution in [1.29, 1.82) is 0 Å². The van der Waals surface area contributed by atoms with Crippen molar-refractivity contribution in [1.82, 2.24) is 5.32 Å². The van der Waals surface area contributed by atoms with Crippen molar-refractivity contribution in [2.24, 2.45) is 0 Å². The molecule has 5 heteroatoms. The quantitative estimate of drug-likeness (QED) is 0.697. The molecule has 0 saturated carbocycles. The predicted octanol–water partition coefficient (Wildman–Crippen LogP) is 0.588. The minimum absolute atomic E-state index is 0.352. The summed E-state index contributed by atoms with van der Waals surface area (Å²) in [4.78, 5) is 13.3. The highest BCUT2D eigenvalue weighted by Gasteiger charge is 2.28. The molecule has 2 aliphatic heterocycles. The Bertz CT molecular complexity index is 457. The fraction of sp³-hybridized carbons (Fsp3) is 0.417. The Morgan fingerprint density at radius 1 is 1.41 bits per heavy atom. The van der Waals surface area contributed by atoms with Gasteiger partial charge in [0, 0.05) is 26.2 Å². The van der Waals surface area contributed by atoms with E-state index in [2.05, 4.69) is 15.5 Å². The third kappa shape index (κ3) is 1.72. The number of hydrogen-bond donors (Lipinski definition) is 3. The van der Waals surface area contributed by atoms with Gasteiger partial charge in [-0.25, -0.2) is 4.79 Å². The molecule has 0 bridgehead atoms. The van der Waals surface area contributed by atoms with Gasteiger partial charge in [-0.2, -0.15) is 0 Å². The fourth-order valence-electron chi connectivity index (χ4n) is 2.36. The van der Waals surface area contributed by atoms with Gasteiger partial charge in [-0.1, -0.05) is 0 Å². The molecule has 17 heavy (non-hydrogen) atoms. The van der Waals surface area contributed by atoms with Crippen LogP contribution in [0.2, 0.25) is 0 Å². The summed E-state index contributed by atoms with van der Waals surface area (Å²) in [5, 5.41) is 15.6. The second-order valence-electron chi connectivity index (χ2n) is 4.47. The Kier molecular flexibility index (Phi) is 2.40. The zero-order chi connectivity index (χ0) is 11.8. The lowest BCUT2D eigenvalue weighted by Gasteiger charge is -2.43. The van der Waals surface area contributed by atoms with Crippen LogP contribution in [0.1, 0.15) is 10.4 Å². The molecule has 1 fully saturated rings. The van der Waals surface area contributed by atoms with Gasteiger partial charge in [0.25, 0.3) is 0 Å². The van der Waals surface area contributed by atoms with E-state index >= 15 is 0 Å². The first-order chi connectivity index (χ1) is 8.25. The number of aromatic carboxylic acids is 1. The topological polar surface area (TPSA) is 64.6 Å². The van der Waals surface area contributed by atoms with Crippen molar-refractivity contribution < 1.29 is 9.90 Å². The molecule has 0 atom stereocenters. The monoisotopic (exact) mass is 233 g/mol. The molecule has 2 heterocycles. The van der Waals surface area contributed by atoms with Crippen molar-refractivity contribution in [3.63, 3.8) is 0 Å². The lowest BCUT2D eigenvalue weighted by Crippen LogP contribution is -2.59. The van der Waals surface area contributed by atoms with Crippen molar-refractivity contribution in [2.45, 2.75) is 6.04 Å². The Morgan fingerprint density at radius 3 is 2.88 bits per heavy atom. The van der Waals surface area contributed by atoms with E-state index in [-0.39, 0.29) is 0 Å². The number of hydrogen-bond acceptors (Lipinski definition) is 4. The lowest BCUT2D eigenvalue weighted by atomic mass is 10.0. The highest BCUT2D eigenvalue weighted by molar-refractivity contribution is 5.91. The van der Waals surface area contributed by atoms with Gasteiger partial charge in [0.15, 0.2) is 0 Å². The van der Waals surface area contributed by atoms with Gasteiger partial charge in [-0.15, -0.1) is 0 Å². The fourth-order valence-corrected chi connectivity index (χ4v) is 2.36. The number of nitrogens with zero attached hydrogens (tertiary/aromatic N) is 1. The number of nitrogens with one attached hydrogen (secondary N) is 2. The second kappa shape index (κ2) is 3.92. The third-order valence-electron chi connectivity index (χ3n) is 3.42. The molecule has 3 N–H and O–H groups in total. The van der Waals surface area contributed by atoms with Crippen LogP contribution in [0, 0.1) is 0 Å². The number of fused-ring (bicyclic) bond motifs is 1. The summed E-state index contributed by atoms with van der Waals surface area (Å²) in [5.74, 6) is -0.870. The SMILES string of the molecule is O=C(O)c1ccc2c(c1)N(C1CNC1)CCN2. The van der Waals surface area contributed by atoms with E-state index in [9.17, 15) is 4.79 Å². The highest BCUT2D eigenvalue weighted by Crippen LogP contribution is 2.32. The first-order valence-corrected chi connectivity index (χ1v) is 5.84. The molecular weight excluding hydrogens is 218 g/mol. The Balaban J connectivity index is 1.98. The minimum atomic E-state index is -0.870. The van der Waals surface area contributed by atoms with Gasteiger partial charge in [-0.3, -0.25) is 0 Å². The molecule has 1 aromatic rings. The maximum Gasteiger partial charge on any atom is 0.335 e. The molecular formula is C12H15N3O2. The standard InChI is InChI=1S/C12H15N3O2/c16-12(17)8-1-2-10-11(5-8)15(4-3-14-10)9-6-13-7-9/h1-2,5,9,13-14H,3-4,6-7H2,(H,16,17). The molecule has 1 saturated heterocycles. The molecule has 1 aromatic carbocycles. The van der Waals surface area contributed by atoms with E-state index in [0.717, 1.165) is 37.6 Å². The van der Waals surface area contributed by atoms with E-state index < -0.39 is 5.97 Å². The van der Waals surface area contributed by atoms with Crippen LogP contribution in [0.4, 0.5) is 11.4 Å². The lowest BCUT2D eigenvalue weighted by molar-refractivity contribution is 0.0697. The summed E-state index contributed by atoms with van der Waals surface area (Å²) < 4.78 is 0. The van der Waals surface area contributed by atoms with E-state index in [4.69, 9.17) is 5.11 Å². The molecule has 0 amide bonds. The average molecular weight is 233 g/mol. The molecule has 0 aliphatic carbocycles. The summed E-state index contributed by atoms with van der Waals surface area (Å²) in [6.45, 7) is 3.81. The molecule has 2 aliphatic rings. The molecule has 5 nitrogen and oxygen atoms in total. The number of carboxylic acids is 1.